The zero-order valence-electron chi connectivity index (χ0n) is 25.0. The molecule has 0 radical (unpaired) electrons. The molecule has 0 spiro atoms. The molecule has 0 aliphatic rings. The van der Waals surface area contributed by atoms with Crippen LogP contribution in [0.15, 0.2) is 6.20 Å². The van der Waals surface area contributed by atoms with Gasteiger partial charge in [0.15, 0.2) is 6.04 Å². The molecule has 2 amide bonds. The quantitative estimate of drug-likeness (QED) is 0.115. The molecular weight excluding hydrogens is 530 g/mol. The molecule has 10 nitrogen and oxygen atoms in total. The highest BCUT2D eigenvalue weighted by molar-refractivity contribution is 7.99. The van der Waals surface area contributed by atoms with Crippen molar-refractivity contribution in [3.63, 3.8) is 0 Å². The molecule has 230 valence electrons. The minimum absolute atomic E-state index is 0.317. The van der Waals surface area contributed by atoms with Gasteiger partial charge in [0.05, 0.1) is 19.4 Å². The first kappa shape index (κ1) is 35.9. The summed E-state index contributed by atoms with van der Waals surface area (Å²) < 4.78 is 6.46. The number of methoxy groups -OCH3 is 1. The molecule has 0 bridgehead atoms. The summed E-state index contributed by atoms with van der Waals surface area (Å²) >= 11 is 1.49. The Morgan fingerprint density at radius 1 is 0.925 bits per heavy atom. The van der Waals surface area contributed by atoms with Crippen LogP contribution in [0, 0.1) is 0 Å². The normalized spacial score (nSPS) is 12.6. The largest absolute Gasteiger partial charge is 0.467 e. The Hall–Kier alpha value is -2.14. The van der Waals surface area contributed by atoms with E-state index in [4.69, 9.17) is 0 Å². The Bertz CT molecular complexity index is 822. The highest BCUT2D eigenvalue weighted by Gasteiger charge is 2.26. The lowest BCUT2D eigenvalue weighted by atomic mass is 10.0. The molecule has 40 heavy (non-hydrogen) atoms. The van der Waals surface area contributed by atoms with Crippen molar-refractivity contribution >= 4 is 29.5 Å². The Morgan fingerprint density at radius 2 is 1.50 bits per heavy atom. The molecule has 11 heteroatoms. The predicted molar refractivity (Wildman–Crippen MR) is 160 cm³/mol. The van der Waals surface area contributed by atoms with E-state index in [1.165, 1.54) is 109 Å². The maximum absolute atomic E-state index is 12.5. The van der Waals surface area contributed by atoms with Gasteiger partial charge in [0.2, 0.25) is 11.8 Å². The van der Waals surface area contributed by atoms with E-state index in [9.17, 15) is 19.5 Å². The third-order valence-corrected chi connectivity index (χ3v) is 7.85. The minimum Gasteiger partial charge on any atom is -0.467 e. The molecule has 0 aliphatic carbocycles. The second-order valence-corrected chi connectivity index (χ2v) is 11.6. The van der Waals surface area contributed by atoms with E-state index in [-0.39, 0.29) is 5.91 Å². The van der Waals surface area contributed by atoms with Crippen LogP contribution in [0.25, 0.3) is 0 Å². The first-order valence-corrected chi connectivity index (χ1v) is 16.3. The molecule has 0 unspecified atom stereocenters. The lowest BCUT2D eigenvalue weighted by Gasteiger charge is -2.20. The fourth-order valence-electron chi connectivity index (χ4n) is 4.43. The maximum atomic E-state index is 12.5. The minimum atomic E-state index is -1.17. The molecule has 1 rings (SSSR count). The number of carbonyl (C=O) groups is 3. The number of rotatable bonds is 25. The summed E-state index contributed by atoms with van der Waals surface area (Å²) in [5.74, 6) is -0.640. The number of unbranched alkanes of at least 4 members (excludes halogenated alkanes) is 13. The van der Waals surface area contributed by atoms with E-state index in [2.05, 4.69) is 32.6 Å². The van der Waals surface area contributed by atoms with E-state index in [0.29, 0.717) is 17.9 Å². The number of aryl methyl sites for hydroxylation is 2. The van der Waals surface area contributed by atoms with Gasteiger partial charge in [-0.05, 0) is 12.2 Å². The van der Waals surface area contributed by atoms with Crippen molar-refractivity contribution < 1.29 is 24.2 Å². The van der Waals surface area contributed by atoms with Gasteiger partial charge in [0.1, 0.15) is 6.04 Å². The molecule has 0 saturated heterocycles. The zero-order valence-corrected chi connectivity index (χ0v) is 25.8. The van der Waals surface area contributed by atoms with Crippen LogP contribution in [-0.2, 0) is 32.1 Å². The lowest BCUT2D eigenvalue weighted by Crippen LogP contribution is -2.53. The van der Waals surface area contributed by atoms with E-state index in [1.807, 2.05) is 10.9 Å². The van der Waals surface area contributed by atoms with E-state index >= 15 is 0 Å². The number of amides is 2. The van der Waals surface area contributed by atoms with Crippen LogP contribution in [0.1, 0.15) is 109 Å². The molecule has 0 fully saturated rings. The van der Waals surface area contributed by atoms with Crippen molar-refractivity contribution in [2.75, 3.05) is 25.2 Å². The number of nitrogens with one attached hydrogen (secondary N) is 2. The van der Waals surface area contributed by atoms with Crippen molar-refractivity contribution in [3.05, 3.63) is 11.9 Å². The number of aromatic nitrogens is 3. The number of aliphatic hydroxyl groups excluding tert-OH is 1. The van der Waals surface area contributed by atoms with Crippen LogP contribution in [0.4, 0.5) is 0 Å². The number of hydrogen-bond donors (Lipinski definition) is 3. The maximum Gasteiger partial charge on any atom is 0.330 e. The highest BCUT2D eigenvalue weighted by Crippen LogP contribution is 2.13. The first-order valence-electron chi connectivity index (χ1n) is 15.1. The van der Waals surface area contributed by atoms with Crippen molar-refractivity contribution in [1.82, 2.24) is 25.6 Å². The van der Waals surface area contributed by atoms with Gasteiger partial charge in [-0.15, -0.1) is 5.10 Å². The smallest absolute Gasteiger partial charge is 0.330 e. The molecule has 1 aromatic rings. The Kier molecular flexibility index (Phi) is 21.1. The summed E-state index contributed by atoms with van der Waals surface area (Å²) in [7, 11) is 1.18. The average molecular weight is 584 g/mol. The molecule has 1 aromatic heterocycles. The van der Waals surface area contributed by atoms with Gasteiger partial charge in [-0.3, -0.25) is 14.3 Å². The second kappa shape index (κ2) is 23.6. The number of aliphatic hydroxyl groups is 1. The number of esters is 1. The van der Waals surface area contributed by atoms with Gasteiger partial charge >= 0.3 is 5.97 Å². The molecule has 2 atom stereocenters. The Morgan fingerprint density at radius 3 is 2.02 bits per heavy atom. The molecule has 0 aliphatic heterocycles. The first-order chi connectivity index (χ1) is 19.4. The standard InChI is InChI=1S/C29H53N5O5S/c1-4-5-6-7-8-9-10-11-12-13-14-15-16-17-19-34-21-25(32-33-34)18-20-40-23-27(30-24(2)36)28(37)31-26(22-35)29(38)39-3/h21,26-27,35H,4-20,22-23H2,1-3H3,(H,30,36)(H,31,37)/t26-,27+/m0/s1. The lowest BCUT2D eigenvalue weighted by molar-refractivity contribution is -0.146. The van der Waals surface area contributed by atoms with Gasteiger partial charge in [-0.1, -0.05) is 95.6 Å². The number of hydrogen-bond acceptors (Lipinski definition) is 8. The van der Waals surface area contributed by atoms with Crippen molar-refractivity contribution in [3.8, 4) is 0 Å². The van der Waals surface area contributed by atoms with Crippen molar-refractivity contribution in [2.45, 2.75) is 129 Å². The van der Waals surface area contributed by atoms with E-state index < -0.39 is 30.6 Å². The highest BCUT2D eigenvalue weighted by atomic mass is 32.2. The van der Waals surface area contributed by atoms with Gasteiger partial charge in [0, 0.05) is 31.8 Å². The van der Waals surface area contributed by atoms with Gasteiger partial charge < -0.3 is 20.5 Å². The topological polar surface area (TPSA) is 135 Å². The summed E-state index contributed by atoms with van der Waals surface area (Å²) in [6.07, 6.45) is 21.4. The fourth-order valence-corrected chi connectivity index (χ4v) is 5.42. The number of thioether (sulfide) groups is 1. The van der Waals surface area contributed by atoms with Gasteiger partial charge in [-0.25, -0.2) is 4.79 Å². The van der Waals surface area contributed by atoms with Crippen LogP contribution >= 0.6 is 11.8 Å². The van der Waals surface area contributed by atoms with Gasteiger partial charge in [0.25, 0.3) is 0 Å². The summed E-state index contributed by atoms with van der Waals surface area (Å²) in [5, 5.41) is 22.8. The molecule has 0 aromatic carbocycles. The van der Waals surface area contributed by atoms with Crippen molar-refractivity contribution in [2.24, 2.45) is 0 Å². The molecule has 0 saturated carbocycles. The van der Waals surface area contributed by atoms with Crippen LogP contribution in [0.5, 0.6) is 0 Å². The third-order valence-electron chi connectivity index (χ3n) is 6.79. The summed E-state index contributed by atoms with van der Waals surface area (Å²) in [6.45, 7) is 3.87. The zero-order chi connectivity index (χ0) is 29.4. The SMILES string of the molecule is CCCCCCCCCCCCCCCCn1cc(CCSC[C@@H](NC(C)=O)C(=O)N[C@@H](CO)C(=O)OC)nn1. The molecule has 3 N–H and O–H groups in total. The van der Waals surface area contributed by atoms with Crippen LogP contribution in [-0.4, -0.2) is 75.2 Å². The summed E-state index contributed by atoms with van der Waals surface area (Å²) in [5.41, 5.74) is 0.893. The fraction of sp³-hybridized carbons (Fsp3) is 0.828. The van der Waals surface area contributed by atoms with E-state index in [1.54, 1.807) is 0 Å². The monoisotopic (exact) mass is 583 g/mol. The summed E-state index contributed by atoms with van der Waals surface area (Å²) in [6, 6.07) is -2.01. The third kappa shape index (κ3) is 17.5. The van der Waals surface area contributed by atoms with Crippen LogP contribution in [0.3, 0.4) is 0 Å². The van der Waals surface area contributed by atoms with E-state index in [0.717, 1.165) is 18.7 Å². The molecule has 1 heterocycles. The predicted octanol–water partition coefficient (Wildman–Crippen LogP) is 4.19. The number of nitrogens with zero attached hydrogens (tertiary/aromatic N) is 3. The Labute approximate surface area is 245 Å². The average Bonchev–Trinajstić information content (AvgIpc) is 3.40. The number of ether oxygens (including phenoxy) is 1. The molecular formula is C29H53N5O5S. The number of carbonyl (C=O) groups excluding carboxylic acids is 3. The Balaban J connectivity index is 2.16. The van der Waals surface area contributed by atoms with Gasteiger partial charge in [-0.2, -0.15) is 11.8 Å². The summed E-state index contributed by atoms with van der Waals surface area (Å²) in [4.78, 5) is 35.7. The van der Waals surface area contributed by atoms with Crippen molar-refractivity contribution in [1.29, 1.82) is 0 Å². The van der Waals surface area contributed by atoms with Crippen LogP contribution < -0.4 is 10.6 Å². The van der Waals surface area contributed by atoms with Crippen LogP contribution in [0.2, 0.25) is 0 Å². The second-order valence-electron chi connectivity index (χ2n) is 10.4.